The molecule has 0 spiro atoms. The van der Waals surface area contributed by atoms with E-state index in [0.29, 0.717) is 0 Å². The molecule has 4 nitrogen and oxygen atoms in total. The van der Waals surface area contributed by atoms with Crippen LogP contribution in [0, 0.1) is 0 Å². The number of Topliss-reactive ketones (excluding diaryl/α,β-unsaturated/α-hetero) is 1. The fraction of sp³-hybridized carbons (Fsp3) is 0.600. The fourth-order valence-electron chi connectivity index (χ4n) is 0.834. The van der Waals surface area contributed by atoms with Gasteiger partial charge >= 0.3 is 6.09 Å². The second-order valence-corrected chi connectivity index (χ2v) is 3.09. The Morgan fingerprint density at radius 2 is 2.00 bits per heavy atom. The van der Waals surface area contributed by atoms with Crippen LogP contribution in [0.2, 0.25) is 0 Å². The summed E-state index contributed by atoms with van der Waals surface area (Å²) in [7, 11) is 0. The summed E-state index contributed by atoms with van der Waals surface area (Å²) >= 11 is 0. The fourth-order valence-corrected chi connectivity index (χ4v) is 0.834. The second-order valence-electron chi connectivity index (χ2n) is 3.09. The Hall–Kier alpha value is -1.32. The summed E-state index contributed by atoms with van der Waals surface area (Å²) in [6, 6.07) is 0. The van der Waals surface area contributed by atoms with E-state index in [4.69, 9.17) is 4.74 Å². The Morgan fingerprint density at radius 3 is 2.50 bits per heavy atom. The number of rotatable bonds is 5. The first-order valence-corrected chi connectivity index (χ1v) is 4.62. The minimum absolute atomic E-state index is 0.0232. The first kappa shape index (κ1) is 12.7. The molecule has 0 radical (unpaired) electrons. The summed E-state index contributed by atoms with van der Waals surface area (Å²) in [4.78, 5) is 21.5. The lowest BCUT2D eigenvalue weighted by Crippen LogP contribution is -2.29. The maximum absolute atomic E-state index is 10.9. The van der Waals surface area contributed by atoms with E-state index in [9.17, 15) is 9.59 Å². The van der Waals surface area contributed by atoms with Crippen molar-refractivity contribution in [3.63, 3.8) is 0 Å². The molecule has 0 aliphatic rings. The predicted molar refractivity (Wildman–Crippen MR) is 54.1 cm³/mol. The van der Waals surface area contributed by atoms with Crippen molar-refractivity contribution in [2.45, 2.75) is 27.2 Å². The number of allylic oxidation sites excluding steroid dienone is 1. The molecule has 0 fully saturated rings. The van der Waals surface area contributed by atoms with Crippen LogP contribution in [0.1, 0.15) is 27.2 Å². The molecule has 0 aliphatic carbocycles. The number of ketones is 1. The van der Waals surface area contributed by atoms with Crippen molar-refractivity contribution in [1.82, 2.24) is 5.32 Å². The van der Waals surface area contributed by atoms with Gasteiger partial charge in [0, 0.05) is 0 Å². The Balaban J connectivity index is 3.64. The molecule has 0 aromatic rings. The topological polar surface area (TPSA) is 55.4 Å². The Kier molecular flexibility index (Phi) is 6.45. The van der Waals surface area contributed by atoms with Gasteiger partial charge in [-0.15, -0.1) is 0 Å². The summed E-state index contributed by atoms with van der Waals surface area (Å²) in [6.45, 7) is 5.61. The van der Waals surface area contributed by atoms with Gasteiger partial charge in [0.2, 0.25) is 0 Å². The molecule has 0 aromatic carbocycles. The van der Waals surface area contributed by atoms with Crippen LogP contribution >= 0.6 is 0 Å². The van der Waals surface area contributed by atoms with Crippen LogP contribution in [0.3, 0.4) is 0 Å². The monoisotopic (exact) mass is 199 g/mol. The largest absolute Gasteiger partial charge is 0.445 e. The number of hydrogen-bond donors (Lipinski definition) is 1. The minimum Gasteiger partial charge on any atom is -0.445 e. The highest BCUT2D eigenvalue weighted by Gasteiger charge is 2.02. The highest BCUT2D eigenvalue weighted by Crippen LogP contribution is 1.95. The molecule has 1 amide bonds. The normalized spacial score (nSPS) is 10.9. The molecular weight excluding hydrogens is 182 g/mol. The highest BCUT2D eigenvalue weighted by molar-refractivity contribution is 5.81. The average Bonchev–Trinajstić information content (AvgIpc) is 2.12. The zero-order chi connectivity index (χ0) is 11.0. The van der Waals surface area contributed by atoms with Gasteiger partial charge in [-0.1, -0.05) is 13.0 Å². The molecule has 0 saturated heterocycles. The zero-order valence-corrected chi connectivity index (χ0v) is 8.92. The molecule has 0 saturated carbocycles. The van der Waals surface area contributed by atoms with Gasteiger partial charge in [-0.05, 0) is 25.8 Å². The van der Waals surface area contributed by atoms with E-state index in [-0.39, 0.29) is 18.9 Å². The van der Waals surface area contributed by atoms with Crippen molar-refractivity contribution in [2.24, 2.45) is 0 Å². The van der Waals surface area contributed by atoms with Crippen LogP contribution in [-0.4, -0.2) is 25.0 Å². The van der Waals surface area contributed by atoms with E-state index in [0.717, 1.165) is 12.0 Å². The smallest absolute Gasteiger partial charge is 0.407 e. The molecule has 0 aliphatic heterocycles. The molecule has 0 bridgehead atoms. The van der Waals surface area contributed by atoms with E-state index >= 15 is 0 Å². The van der Waals surface area contributed by atoms with E-state index in [1.807, 2.05) is 19.9 Å². The molecule has 0 heterocycles. The van der Waals surface area contributed by atoms with Crippen LogP contribution in [0.4, 0.5) is 4.79 Å². The summed E-state index contributed by atoms with van der Waals surface area (Å²) in [6.07, 6.45) is 2.35. The molecule has 14 heavy (non-hydrogen) atoms. The molecule has 4 heteroatoms. The first-order chi connectivity index (χ1) is 6.56. The molecule has 80 valence electrons. The van der Waals surface area contributed by atoms with E-state index in [1.54, 1.807) is 0 Å². The maximum Gasteiger partial charge on any atom is 0.407 e. The summed E-state index contributed by atoms with van der Waals surface area (Å²) in [5.41, 5.74) is 1.01. The third-order valence-electron chi connectivity index (χ3n) is 1.47. The molecule has 1 N–H and O–H groups in total. The third kappa shape index (κ3) is 7.34. The lowest BCUT2D eigenvalue weighted by atomic mass is 10.3. The van der Waals surface area contributed by atoms with Crippen molar-refractivity contribution in [3.05, 3.63) is 11.6 Å². The number of hydrogen-bond acceptors (Lipinski definition) is 3. The van der Waals surface area contributed by atoms with Crippen LogP contribution in [0.15, 0.2) is 11.6 Å². The number of alkyl carbamates (subject to hydrolysis) is 1. The van der Waals surface area contributed by atoms with Gasteiger partial charge in [0.1, 0.15) is 12.4 Å². The Labute approximate surface area is 84.3 Å². The standard InChI is InChI=1S/C10H17NO3/c1-4-5-8(2)7-14-10(13)11-6-9(3)12/h5H,4,6-7H2,1-3H3,(H,11,13)/b8-5+. The Morgan fingerprint density at radius 1 is 1.36 bits per heavy atom. The van der Waals surface area contributed by atoms with Crippen molar-refractivity contribution in [1.29, 1.82) is 0 Å². The van der Waals surface area contributed by atoms with Gasteiger partial charge in [0.25, 0.3) is 0 Å². The average molecular weight is 199 g/mol. The highest BCUT2D eigenvalue weighted by atomic mass is 16.5. The lowest BCUT2D eigenvalue weighted by molar-refractivity contribution is -0.116. The minimum atomic E-state index is -0.552. The van der Waals surface area contributed by atoms with Crippen LogP contribution < -0.4 is 5.32 Å². The molecule has 0 unspecified atom stereocenters. The van der Waals surface area contributed by atoms with Gasteiger partial charge in [0.15, 0.2) is 0 Å². The SMILES string of the molecule is CC/C=C(\C)COC(=O)NCC(C)=O. The summed E-state index contributed by atoms with van der Waals surface area (Å²) < 4.78 is 4.84. The molecule has 0 aromatic heterocycles. The van der Waals surface area contributed by atoms with Gasteiger partial charge in [-0.25, -0.2) is 4.79 Å². The van der Waals surface area contributed by atoms with Gasteiger partial charge in [-0.3, -0.25) is 4.79 Å². The van der Waals surface area contributed by atoms with Crippen molar-refractivity contribution < 1.29 is 14.3 Å². The van der Waals surface area contributed by atoms with E-state index < -0.39 is 6.09 Å². The van der Waals surface area contributed by atoms with Gasteiger partial charge in [0.05, 0.1) is 6.54 Å². The van der Waals surface area contributed by atoms with E-state index in [1.165, 1.54) is 6.92 Å². The Bertz CT molecular complexity index is 234. The predicted octanol–water partition coefficient (Wildman–Crippen LogP) is 1.66. The zero-order valence-electron chi connectivity index (χ0n) is 8.92. The van der Waals surface area contributed by atoms with Crippen LogP contribution in [0.5, 0.6) is 0 Å². The number of carbonyl (C=O) groups excluding carboxylic acids is 2. The van der Waals surface area contributed by atoms with Crippen molar-refractivity contribution in [2.75, 3.05) is 13.2 Å². The molecular formula is C10H17NO3. The lowest BCUT2D eigenvalue weighted by Gasteiger charge is -2.05. The number of nitrogens with one attached hydrogen (secondary N) is 1. The number of ether oxygens (including phenoxy) is 1. The maximum atomic E-state index is 10.9. The molecule has 0 rings (SSSR count). The second kappa shape index (κ2) is 7.12. The molecule has 0 atom stereocenters. The third-order valence-corrected chi connectivity index (χ3v) is 1.47. The van der Waals surface area contributed by atoms with Crippen LogP contribution in [0.25, 0.3) is 0 Å². The van der Waals surface area contributed by atoms with E-state index in [2.05, 4.69) is 5.32 Å². The quantitative estimate of drug-likeness (QED) is 0.685. The van der Waals surface area contributed by atoms with Crippen molar-refractivity contribution >= 4 is 11.9 Å². The first-order valence-electron chi connectivity index (χ1n) is 4.62. The summed E-state index contributed by atoms with van der Waals surface area (Å²) in [5.74, 6) is -0.0947. The number of amides is 1. The van der Waals surface area contributed by atoms with Gasteiger partial charge in [-0.2, -0.15) is 0 Å². The summed E-state index contributed by atoms with van der Waals surface area (Å²) in [5, 5.41) is 2.34. The number of carbonyl (C=O) groups is 2. The van der Waals surface area contributed by atoms with Crippen molar-refractivity contribution in [3.8, 4) is 0 Å². The van der Waals surface area contributed by atoms with Gasteiger partial charge < -0.3 is 10.1 Å². The van der Waals surface area contributed by atoms with Crippen LogP contribution in [-0.2, 0) is 9.53 Å².